The normalized spacial score (nSPS) is 21.0. The Labute approximate surface area is 247 Å². The highest BCUT2D eigenvalue weighted by atomic mass is 31.1. The van der Waals surface area contributed by atoms with E-state index in [1.54, 1.807) is 31.3 Å². The van der Waals surface area contributed by atoms with Gasteiger partial charge in [-0.05, 0) is 73.4 Å². The molecule has 1 aromatic heterocycles. The topological polar surface area (TPSA) is 137 Å². The van der Waals surface area contributed by atoms with Gasteiger partial charge >= 0.3 is 6.18 Å². The molecule has 1 atom stereocenters. The molecule has 2 aromatic carbocycles. The smallest absolute Gasteiger partial charge is 0.421 e. The third kappa shape index (κ3) is 6.63. The second-order valence-electron chi connectivity index (χ2n) is 11.3. The van der Waals surface area contributed by atoms with Crippen molar-refractivity contribution in [3.63, 3.8) is 0 Å². The van der Waals surface area contributed by atoms with Crippen LogP contribution in [0.4, 0.5) is 36.3 Å². The van der Waals surface area contributed by atoms with Gasteiger partial charge in [-0.25, -0.2) is 4.98 Å². The van der Waals surface area contributed by atoms with Crippen LogP contribution in [0.15, 0.2) is 36.5 Å². The van der Waals surface area contributed by atoms with Crippen molar-refractivity contribution in [3.05, 3.63) is 64.3 Å². The molecule has 4 N–H and O–H groups in total. The van der Waals surface area contributed by atoms with E-state index in [0.29, 0.717) is 42.4 Å². The molecule has 0 spiro atoms. The molecule has 1 fully saturated rings. The molecule has 14 heteroatoms. The summed E-state index contributed by atoms with van der Waals surface area (Å²) in [6.07, 6.45) is -1.45. The molecular formula is C29H33F3N5O5P. The number of methoxy groups -OCH3 is 1. The number of hydrogen-bond donors (Lipinski definition) is 4. The molecule has 0 bridgehead atoms. The van der Waals surface area contributed by atoms with Crippen LogP contribution in [-0.2, 0) is 23.4 Å². The standard InChI is InChI=1S/C29H33F3N5O5P/c1-28(39)10-8-17(9-11-28)18-5-7-22(24-19(18)14-37(2)26(24)38)34-25-20(29(30,31)32)13-33-27(36-25)35-21-6-4-16(15-43(40)41)12-23(21)42-3/h4-7,12-13,17,39,43H,8-11,14-15H2,1-3H3,(H,40,41)(H2,33,34,35,36). The molecule has 0 saturated heterocycles. The van der Waals surface area contributed by atoms with Gasteiger partial charge in [-0.3, -0.25) is 9.36 Å². The summed E-state index contributed by atoms with van der Waals surface area (Å²) in [5.74, 6) is -0.597. The molecule has 5 rings (SSSR count). The summed E-state index contributed by atoms with van der Waals surface area (Å²) < 4.78 is 58.8. The monoisotopic (exact) mass is 619 g/mol. The number of rotatable bonds is 8. The SMILES string of the molecule is COc1cc(C[PH](=O)O)ccc1Nc1ncc(C(F)(F)F)c(Nc2ccc(C3CCC(C)(O)CC3)c3c2C(=O)N(C)C3)n1. The minimum Gasteiger partial charge on any atom is -0.495 e. The Kier molecular flexibility index (Phi) is 8.43. The Morgan fingerprint density at radius 3 is 2.51 bits per heavy atom. The van der Waals surface area contributed by atoms with Crippen molar-refractivity contribution in [3.8, 4) is 5.75 Å². The summed E-state index contributed by atoms with van der Waals surface area (Å²) in [6, 6.07) is 8.15. The van der Waals surface area contributed by atoms with Crippen LogP contribution < -0.4 is 15.4 Å². The van der Waals surface area contributed by atoms with E-state index in [1.165, 1.54) is 12.0 Å². The first-order valence-corrected chi connectivity index (χ1v) is 15.3. The van der Waals surface area contributed by atoms with E-state index >= 15 is 0 Å². The number of halogens is 3. The van der Waals surface area contributed by atoms with Crippen molar-refractivity contribution < 1.29 is 37.3 Å². The van der Waals surface area contributed by atoms with Crippen molar-refractivity contribution in [1.29, 1.82) is 0 Å². The molecule has 2 heterocycles. The van der Waals surface area contributed by atoms with E-state index in [-0.39, 0.29) is 35.4 Å². The summed E-state index contributed by atoms with van der Waals surface area (Å²) >= 11 is 0. The summed E-state index contributed by atoms with van der Waals surface area (Å²) in [5, 5.41) is 16.0. The zero-order valence-corrected chi connectivity index (χ0v) is 24.9. The molecule has 43 heavy (non-hydrogen) atoms. The van der Waals surface area contributed by atoms with Crippen LogP contribution in [0.5, 0.6) is 5.75 Å². The minimum atomic E-state index is -4.79. The fraction of sp³-hybridized carbons (Fsp3) is 0.414. The molecule has 1 unspecified atom stereocenters. The first-order valence-electron chi connectivity index (χ1n) is 13.8. The zero-order valence-electron chi connectivity index (χ0n) is 23.9. The fourth-order valence-electron chi connectivity index (χ4n) is 5.73. The number of hydrogen-bond acceptors (Lipinski definition) is 8. The molecule has 1 saturated carbocycles. The number of aliphatic hydroxyl groups is 1. The quantitative estimate of drug-likeness (QED) is 0.225. The molecule has 1 aliphatic heterocycles. The number of carbonyl (C=O) groups is 1. The van der Waals surface area contributed by atoms with E-state index in [4.69, 9.17) is 4.74 Å². The van der Waals surface area contributed by atoms with Gasteiger partial charge in [0.25, 0.3) is 5.91 Å². The van der Waals surface area contributed by atoms with Gasteiger partial charge in [0.2, 0.25) is 5.95 Å². The van der Waals surface area contributed by atoms with Gasteiger partial charge in [-0.1, -0.05) is 12.1 Å². The highest BCUT2D eigenvalue weighted by molar-refractivity contribution is 7.37. The third-order valence-corrected chi connectivity index (χ3v) is 8.73. The van der Waals surface area contributed by atoms with Crippen LogP contribution in [0.2, 0.25) is 0 Å². The number of alkyl halides is 3. The van der Waals surface area contributed by atoms with Crippen LogP contribution in [0, 0.1) is 0 Å². The molecule has 230 valence electrons. The van der Waals surface area contributed by atoms with Gasteiger partial charge in [0, 0.05) is 26.0 Å². The number of nitrogens with zero attached hydrogens (tertiary/aromatic N) is 3. The minimum absolute atomic E-state index is 0.0509. The van der Waals surface area contributed by atoms with Crippen LogP contribution in [-0.4, -0.2) is 50.5 Å². The molecular weight excluding hydrogens is 586 g/mol. The average molecular weight is 620 g/mol. The first kappa shape index (κ1) is 30.8. The number of nitrogens with one attached hydrogen (secondary N) is 2. The lowest BCUT2D eigenvalue weighted by molar-refractivity contribution is -0.137. The van der Waals surface area contributed by atoms with Gasteiger partial charge in [0.1, 0.15) is 17.1 Å². The Morgan fingerprint density at radius 1 is 1.16 bits per heavy atom. The van der Waals surface area contributed by atoms with Crippen molar-refractivity contribution in [2.45, 2.75) is 63.0 Å². The number of amides is 1. The molecule has 10 nitrogen and oxygen atoms in total. The summed E-state index contributed by atoms with van der Waals surface area (Å²) in [6.45, 7) is 2.14. The van der Waals surface area contributed by atoms with Crippen LogP contribution in [0.25, 0.3) is 0 Å². The zero-order chi connectivity index (χ0) is 31.1. The molecule has 1 amide bonds. The Balaban J connectivity index is 1.50. The van der Waals surface area contributed by atoms with Crippen molar-refractivity contribution >= 4 is 37.1 Å². The van der Waals surface area contributed by atoms with Crippen molar-refractivity contribution in [1.82, 2.24) is 14.9 Å². The predicted octanol–water partition coefficient (Wildman–Crippen LogP) is 5.95. The summed E-state index contributed by atoms with van der Waals surface area (Å²) in [4.78, 5) is 32.0. The molecule has 2 aliphatic rings. The van der Waals surface area contributed by atoms with Crippen molar-refractivity contribution in [2.24, 2.45) is 0 Å². The molecule has 3 aromatic rings. The lowest BCUT2D eigenvalue weighted by atomic mass is 9.75. The summed E-state index contributed by atoms with van der Waals surface area (Å²) in [7, 11) is 0.272. The lowest BCUT2D eigenvalue weighted by Gasteiger charge is -2.34. The highest BCUT2D eigenvalue weighted by Gasteiger charge is 2.38. The molecule has 1 aliphatic carbocycles. The van der Waals surface area contributed by atoms with Crippen LogP contribution >= 0.6 is 8.03 Å². The second kappa shape index (κ2) is 11.8. The molecule has 0 radical (unpaired) electrons. The van der Waals surface area contributed by atoms with E-state index < -0.39 is 31.2 Å². The summed E-state index contributed by atoms with van der Waals surface area (Å²) in [5.41, 5.74) is 1.29. The number of fused-ring (bicyclic) bond motifs is 1. The Bertz CT molecular complexity index is 1570. The maximum absolute atomic E-state index is 14.1. The maximum atomic E-state index is 14.1. The van der Waals surface area contributed by atoms with Gasteiger partial charge in [-0.15, -0.1) is 0 Å². The third-order valence-electron chi connectivity index (χ3n) is 8.02. The Hall–Kier alpha value is -3.67. The van der Waals surface area contributed by atoms with E-state index in [0.717, 1.165) is 24.0 Å². The highest BCUT2D eigenvalue weighted by Crippen LogP contribution is 2.44. The van der Waals surface area contributed by atoms with Gasteiger partial charge < -0.3 is 30.3 Å². The van der Waals surface area contributed by atoms with Gasteiger partial charge in [0.15, 0.2) is 8.03 Å². The average Bonchev–Trinajstić information content (AvgIpc) is 3.23. The van der Waals surface area contributed by atoms with Crippen LogP contribution in [0.1, 0.15) is 71.1 Å². The van der Waals surface area contributed by atoms with Crippen LogP contribution in [0.3, 0.4) is 0 Å². The largest absolute Gasteiger partial charge is 0.495 e. The number of anilines is 4. The van der Waals surface area contributed by atoms with E-state index in [1.807, 2.05) is 13.0 Å². The number of carbonyl (C=O) groups excluding carboxylic acids is 1. The lowest BCUT2D eigenvalue weighted by Crippen LogP contribution is -2.29. The maximum Gasteiger partial charge on any atom is 0.421 e. The predicted molar refractivity (Wildman–Crippen MR) is 156 cm³/mol. The fourth-order valence-corrected chi connectivity index (χ4v) is 6.30. The first-order chi connectivity index (χ1) is 20.3. The number of aromatic nitrogens is 2. The van der Waals surface area contributed by atoms with Gasteiger partial charge in [0.05, 0.1) is 29.6 Å². The Morgan fingerprint density at radius 2 is 1.86 bits per heavy atom. The number of ether oxygens (including phenoxy) is 1. The van der Waals surface area contributed by atoms with Crippen molar-refractivity contribution in [2.75, 3.05) is 24.8 Å². The second-order valence-corrected chi connectivity index (χ2v) is 12.4. The number of benzene rings is 2. The van der Waals surface area contributed by atoms with E-state index in [9.17, 15) is 32.5 Å². The van der Waals surface area contributed by atoms with E-state index in [2.05, 4.69) is 20.6 Å². The van der Waals surface area contributed by atoms with Gasteiger partial charge in [-0.2, -0.15) is 18.2 Å².